The Bertz CT molecular complexity index is 540. The molecule has 0 spiro atoms. The van der Waals surface area contributed by atoms with Crippen LogP contribution in [0.15, 0.2) is 42.6 Å². The van der Waals surface area contributed by atoms with E-state index in [9.17, 15) is 0 Å². The molecule has 0 bridgehead atoms. The number of pyridine rings is 1. The van der Waals surface area contributed by atoms with Gasteiger partial charge >= 0.3 is 0 Å². The summed E-state index contributed by atoms with van der Waals surface area (Å²) in [7, 11) is 1.91. The van der Waals surface area contributed by atoms with Gasteiger partial charge in [0.15, 0.2) is 0 Å². The van der Waals surface area contributed by atoms with E-state index in [0.29, 0.717) is 12.3 Å². The molecule has 1 aromatic carbocycles. The van der Waals surface area contributed by atoms with Gasteiger partial charge in [-0.25, -0.2) is 4.98 Å². The lowest BCUT2D eigenvalue weighted by molar-refractivity contribution is 0.299. The van der Waals surface area contributed by atoms with Crippen LogP contribution in [-0.4, -0.2) is 23.7 Å². The van der Waals surface area contributed by atoms with E-state index in [2.05, 4.69) is 17.2 Å². The first-order chi connectivity index (χ1) is 9.74. The lowest BCUT2D eigenvalue weighted by Crippen LogP contribution is -2.13. The van der Waals surface area contributed by atoms with Crippen LogP contribution in [0.1, 0.15) is 24.1 Å². The molecule has 1 atom stereocenters. The minimum atomic E-state index is 0.157. The molecule has 20 heavy (non-hydrogen) atoms. The van der Waals surface area contributed by atoms with Crippen molar-refractivity contribution in [3.8, 4) is 11.6 Å². The van der Waals surface area contributed by atoms with Crippen LogP contribution in [0.3, 0.4) is 0 Å². The quantitative estimate of drug-likeness (QED) is 0.849. The predicted octanol–water partition coefficient (Wildman–Crippen LogP) is 2.69. The van der Waals surface area contributed by atoms with E-state index < -0.39 is 0 Å². The van der Waals surface area contributed by atoms with Crippen LogP contribution in [0.5, 0.6) is 11.6 Å². The average Bonchev–Trinajstić information content (AvgIpc) is 2.49. The molecule has 0 fully saturated rings. The summed E-state index contributed by atoms with van der Waals surface area (Å²) >= 11 is 0. The molecular formula is C16H20N2O2. The molecular weight excluding hydrogens is 252 g/mol. The van der Waals surface area contributed by atoms with Crippen molar-refractivity contribution in [2.75, 3.05) is 13.7 Å². The molecule has 1 aromatic heterocycles. The molecule has 0 radical (unpaired) electrons. The van der Waals surface area contributed by atoms with Crippen LogP contribution in [0.4, 0.5) is 0 Å². The number of hydrogen-bond acceptors (Lipinski definition) is 4. The zero-order valence-electron chi connectivity index (χ0n) is 11.8. The van der Waals surface area contributed by atoms with Crippen molar-refractivity contribution in [2.24, 2.45) is 0 Å². The summed E-state index contributed by atoms with van der Waals surface area (Å²) in [6.45, 7) is 2.22. The van der Waals surface area contributed by atoms with E-state index in [1.54, 1.807) is 6.20 Å². The Morgan fingerprint density at radius 2 is 2.00 bits per heavy atom. The smallest absolute Gasteiger partial charge is 0.223 e. The van der Waals surface area contributed by atoms with Crippen molar-refractivity contribution in [3.63, 3.8) is 0 Å². The van der Waals surface area contributed by atoms with Crippen LogP contribution in [0.25, 0.3) is 0 Å². The van der Waals surface area contributed by atoms with Gasteiger partial charge in [0.2, 0.25) is 5.88 Å². The lowest BCUT2D eigenvalue weighted by Gasteiger charge is -2.15. The van der Waals surface area contributed by atoms with Crippen LogP contribution in [0, 0.1) is 0 Å². The Morgan fingerprint density at radius 1 is 1.25 bits per heavy atom. The lowest BCUT2D eigenvalue weighted by atomic mass is 10.1. The third-order valence-corrected chi connectivity index (χ3v) is 3.24. The van der Waals surface area contributed by atoms with Crippen molar-refractivity contribution in [1.29, 1.82) is 0 Å². The van der Waals surface area contributed by atoms with Gasteiger partial charge in [-0.05, 0) is 44.2 Å². The highest BCUT2D eigenvalue weighted by atomic mass is 16.5. The fourth-order valence-electron chi connectivity index (χ4n) is 1.94. The van der Waals surface area contributed by atoms with Gasteiger partial charge in [-0.1, -0.05) is 18.2 Å². The number of ether oxygens (including phenoxy) is 1. The molecule has 0 saturated heterocycles. The van der Waals surface area contributed by atoms with Crippen LogP contribution < -0.4 is 10.1 Å². The molecule has 106 valence electrons. The van der Waals surface area contributed by atoms with Crippen LogP contribution in [-0.2, 0) is 6.42 Å². The summed E-state index contributed by atoms with van der Waals surface area (Å²) in [6.07, 6.45) is 2.38. The van der Waals surface area contributed by atoms with Crippen molar-refractivity contribution < 1.29 is 9.84 Å². The summed E-state index contributed by atoms with van der Waals surface area (Å²) in [5.74, 6) is 1.36. The second-order valence-corrected chi connectivity index (χ2v) is 4.63. The predicted molar refractivity (Wildman–Crippen MR) is 79.0 cm³/mol. The normalized spacial score (nSPS) is 12.2. The van der Waals surface area contributed by atoms with E-state index in [0.717, 1.165) is 16.9 Å². The monoisotopic (exact) mass is 272 g/mol. The number of nitrogens with zero attached hydrogens (tertiary/aromatic N) is 1. The Morgan fingerprint density at radius 3 is 2.65 bits per heavy atom. The minimum absolute atomic E-state index is 0.157. The SMILES string of the molecule is CNC(C)c1cccnc1Oc1ccc(CCO)cc1. The van der Waals surface area contributed by atoms with E-state index >= 15 is 0 Å². The van der Waals surface area contributed by atoms with Gasteiger partial charge in [-0.15, -0.1) is 0 Å². The Kier molecular flexibility index (Phi) is 5.09. The van der Waals surface area contributed by atoms with E-state index in [1.165, 1.54) is 0 Å². The summed E-state index contributed by atoms with van der Waals surface area (Å²) in [4.78, 5) is 4.30. The molecule has 2 rings (SSSR count). The maximum atomic E-state index is 8.90. The second-order valence-electron chi connectivity index (χ2n) is 4.63. The maximum Gasteiger partial charge on any atom is 0.223 e. The first-order valence-electron chi connectivity index (χ1n) is 6.74. The van der Waals surface area contributed by atoms with Crippen LogP contribution >= 0.6 is 0 Å². The van der Waals surface area contributed by atoms with Gasteiger partial charge in [-0.2, -0.15) is 0 Å². The molecule has 4 heteroatoms. The topological polar surface area (TPSA) is 54.4 Å². The molecule has 1 unspecified atom stereocenters. The molecule has 0 saturated carbocycles. The summed E-state index contributed by atoms with van der Waals surface area (Å²) in [6, 6.07) is 11.8. The fourth-order valence-corrected chi connectivity index (χ4v) is 1.94. The van der Waals surface area contributed by atoms with Gasteiger partial charge in [0.25, 0.3) is 0 Å². The zero-order valence-corrected chi connectivity index (χ0v) is 11.8. The molecule has 0 amide bonds. The largest absolute Gasteiger partial charge is 0.439 e. The molecule has 0 aliphatic rings. The van der Waals surface area contributed by atoms with Crippen molar-refractivity contribution in [1.82, 2.24) is 10.3 Å². The van der Waals surface area contributed by atoms with Gasteiger partial charge in [0.05, 0.1) is 0 Å². The molecule has 2 aromatic rings. The number of benzene rings is 1. The van der Waals surface area contributed by atoms with E-state index in [-0.39, 0.29) is 12.6 Å². The molecule has 2 N–H and O–H groups in total. The van der Waals surface area contributed by atoms with Crippen LogP contribution in [0.2, 0.25) is 0 Å². The second kappa shape index (κ2) is 7.03. The highest BCUT2D eigenvalue weighted by Gasteiger charge is 2.11. The summed E-state index contributed by atoms with van der Waals surface area (Å²) < 4.78 is 5.85. The van der Waals surface area contributed by atoms with Crippen molar-refractivity contribution >= 4 is 0 Å². The highest BCUT2D eigenvalue weighted by molar-refractivity contribution is 5.35. The first kappa shape index (κ1) is 14.5. The Hall–Kier alpha value is -1.91. The zero-order chi connectivity index (χ0) is 14.4. The third kappa shape index (κ3) is 3.56. The molecule has 0 aliphatic heterocycles. The Balaban J connectivity index is 2.17. The first-order valence-corrected chi connectivity index (χ1v) is 6.74. The van der Waals surface area contributed by atoms with Crippen molar-refractivity contribution in [3.05, 3.63) is 53.7 Å². The van der Waals surface area contributed by atoms with Gasteiger partial charge in [0, 0.05) is 24.4 Å². The average molecular weight is 272 g/mol. The summed E-state index contributed by atoms with van der Waals surface area (Å²) in [5, 5.41) is 12.1. The third-order valence-electron chi connectivity index (χ3n) is 3.24. The number of nitrogens with one attached hydrogen (secondary N) is 1. The minimum Gasteiger partial charge on any atom is -0.439 e. The number of aliphatic hydroxyl groups excluding tert-OH is 1. The highest BCUT2D eigenvalue weighted by Crippen LogP contribution is 2.27. The number of hydrogen-bond donors (Lipinski definition) is 2. The van der Waals surface area contributed by atoms with Gasteiger partial charge in [-0.3, -0.25) is 0 Å². The van der Waals surface area contributed by atoms with Crippen molar-refractivity contribution in [2.45, 2.75) is 19.4 Å². The number of aliphatic hydroxyl groups is 1. The maximum absolute atomic E-state index is 8.90. The summed E-state index contributed by atoms with van der Waals surface area (Å²) in [5.41, 5.74) is 2.11. The molecule has 0 aliphatic carbocycles. The van der Waals surface area contributed by atoms with Gasteiger partial charge in [0.1, 0.15) is 5.75 Å². The fraction of sp³-hybridized carbons (Fsp3) is 0.312. The Labute approximate surface area is 119 Å². The van der Waals surface area contributed by atoms with E-state index in [1.807, 2.05) is 43.4 Å². The standard InChI is InChI=1S/C16H20N2O2/c1-12(17-2)15-4-3-10-18-16(15)20-14-7-5-13(6-8-14)9-11-19/h3-8,10,12,17,19H,9,11H2,1-2H3. The molecule has 1 heterocycles. The molecule has 4 nitrogen and oxygen atoms in total. The number of aromatic nitrogens is 1. The number of rotatable bonds is 6. The van der Waals surface area contributed by atoms with E-state index in [4.69, 9.17) is 9.84 Å². The van der Waals surface area contributed by atoms with Gasteiger partial charge < -0.3 is 15.2 Å².